The molecule has 0 saturated heterocycles. The van der Waals surface area contributed by atoms with E-state index in [2.05, 4.69) is 163 Å². The molecule has 0 radical (unpaired) electrons. The summed E-state index contributed by atoms with van der Waals surface area (Å²) in [6.07, 6.45) is 0. The first-order valence-electron chi connectivity index (χ1n) is 15.2. The third kappa shape index (κ3) is 4.32. The molecule has 2 heterocycles. The minimum absolute atomic E-state index is 0.886. The fourth-order valence-corrected chi connectivity index (χ4v) is 7.70. The Kier molecular flexibility index (Phi) is 6.03. The summed E-state index contributed by atoms with van der Waals surface area (Å²) in [6, 6.07) is 58.4. The normalized spacial score (nSPS) is 11.6. The van der Waals surface area contributed by atoms with Crippen molar-refractivity contribution in [2.24, 2.45) is 0 Å². The van der Waals surface area contributed by atoms with Crippen LogP contribution in [0.4, 0.5) is 17.1 Å². The van der Waals surface area contributed by atoms with E-state index in [0.29, 0.717) is 0 Å². The fraction of sp³-hybridized carbons (Fsp3) is 0. The van der Waals surface area contributed by atoms with Crippen molar-refractivity contribution in [1.29, 1.82) is 0 Å². The minimum atomic E-state index is 0.886. The molecule has 0 fully saturated rings. The number of fused-ring (bicyclic) bond motifs is 6. The Morgan fingerprint density at radius 3 is 1.87 bits per heavy atom. The number of nitrogens with zero attached hydrogens (tertiary/aromatic N) is 1. The first-order valence-corrected chi connectivity index (χ1v) is 16.0. The second-order valence-corrected chi connectivity index (χ2v) is 12.4. The first kappa shape index (κ1) is 25.8. The van der Waals surface area contributed by atoms with E-state index in [4.69, 9.17) is 4.42 Å². The van der Waals surface area contributed by atoms with Crippen molar-refractivity contribution in [3.05, 3.63) is 164 Å². The van der Waals surface area contributed by atoms with Crippen LogP contribution in [0.1, 0.15) is 0 Å². The summed E-state index contributed by atoms with van der Waals surface area (Å²) >= 11 is 1.85. The highest BCUT2D eigenvalue weighted by Crippen LogP contribution is 2.47. The highest BCUT2D eigenvalue weighted by Gasteiger charge is 2.22. The molecular formula is C42H27NOS. The van der Waals surface area contributed by atoms with Crippen molar-refractivity contribution in [3.63, 3.8) is 0 Å². The SMILES string of the molecule is c1ccc(-c2ccc(N(c3ccc4c(c3)sc3ccccc34)c3ccc(-c4ccccc4)c4oc5ccccc5c34)cc2)cc1. The molecular weight excluding hydrogens is 567 g/mol. The molecule has 0 N–H and O–H groups in total. The Hall–Kier alpha value is -5.64. The van der Waals surface area contributed by atoms with Gasteiger partial charge in [-0.1, -0.05) is 115 Å². The fourth-order valence-electron chi connectivity index (χ4n) is 6.56. The van der Waals surface area contributed by atoms with E-state index in [1.807, 2.05) is 17.4 Å². The van der Waals surface area contributed by atoms with Crippen molar-refractivity contribution in [2.45, 2.75) is 0 Å². The molecule has 0 amide bonds. The van der Waals surface area contributed by atoms with Gasteiger partial charge >= 0.3 is 0 Å². The van der Waals surface area contributed by atoms with Gasteiger partial charge in [0.1, 0.15) is 11.2 Å². The lowest BCUT2D eigenvalue weighted by atomic mass is 9.99. The Balaban J connectivity index is 1.31. The van der Waals surface area contributed by atoms with Crippen LogP contribution < -0.4 is 4.90 Å². The van der Waals surface area contributed by atoms with E-state index in [0.717, 1.165) is 50.1 Å². The van der Waals surface area contributed by atoms with Gasteiger partial charge in [0.25, 0.3) is 0 Å². The molecule has 0 bridgehead atoms. The van der Waals surface area contributed by atoms with E-state index < -0.39 is 0 Å². The highest BCUT2D eigenvalue weighted by atomic mass is 32.1. The smallest absolute Gasteiger partial charge is 0.145 e. The number of anilines is 3. The van der Waals surface area contributed by atoms with Gasteiger partial charge in [-0.2, -0.15) is 0 Å². The molecule has 0 saturated carbocycles. The van der Waals surface area contributed by atoms with E-state index in [9.17, 15) is 0 Å². The molecule has 212 valence electrons. The average Bonchev–Trinajstić information content (AvgIpc) is 3.68. The monoisotopic (exact) mass is 593 g/mol. The van der Waals surface area contributed by atoms with Gasteiger partial charge in [-0.05, 0) is 65.2 Å². The Morgan fingerprint density at radius 1 is 0.444 bits per heavy atom. The van der Waals surface area contributed by atoms with Crippen LogP contribution in [0.25, 0.3) is 64.4 Å². The molecule has 0 unspecified atom stereocenters. The summed E-state index contributed by atoms with van der Waals surface area (Å²) in [5.74, 6) is 0. The number of hydrogen-bond donors (Lipinski definition) is 0. The molecule has 3 heteroatoms. The van der Waals surface area contributed by atoms with E-state index >= 15 is 0 Å². The minimum Gasteiger partial charge on any atom is -0.455 e. The third-order valence-electron chi connectivity index (χ3n) is 8.68. The second-order valence-electron chi connectivity index (χ2n) is 11.3. The predicted octanol–water partition coefficient (Wildman–Crippen LogP) is 12.8. The maximum atomic E-state index is 6.66. The Bertz CT molecular complexity index is 2470. The quantitative estimate of drug-likeness (QED) is 0.197. The molecule has 0 aliphatic rings. The third-order valence-corrected chi connectivity index (χ3v) is 9.82. The lowest BCUT2D eigenvalue weighted by Gasteiger charge is -2.27. The van der Waals surface area contributed by atoms with Gasteiger partial charge in [-0.15, -0.1) is 11.3 Å². The van der Waals surface area contributed by atoms with Crippen molar-refractivity contribution in [1.82, 2.24) is 0 Å². The maximum Gasteiger partial charge on any atom is 0.145 e. The predicted molar refractivity (Wildman–Crippen MR) is 192 cm³/mol. The molecule has 9 rings (SSSR count). The molecule has 0 aliphatic carbocycles. The summed E-state index contributed by atoms with van der Waals surface area (Å²) in [6.45, 7) is 0. The van der Waals surface area contributed by atoms with Gasteiger partial charge in [0.2, 0.25) is 0 Å². The Morgan fingerprint density at radius 2 is 1.07 bits per heavy atom. The largest absolute Gasteiger partial charge is 0.455 e. The van der Waals surface area contributed by atoms with Crippen LogP contribution in [0.2, 0.25) is 0 Å². The van der Waals surface area contributed by atoms with Gasteiger partial charge in [0.05, 0.1) is 11.1 Å². The topological polar surface area (TPSA) is 16.4 Å². The summed E-state index contributed by atoms with van der Waals surface area (Å²) < 4.78 is 9.24. The Labute approximate surface area is 265 Å². The van der Waals surface area contributed by atoms with Crippen LogP contribution >= 0.6 is 11.3 Å². The number of benzene rings is 7. The van der Waals surface area contributed by atoms with Crippen LogP contribution in [0.15, 0.2) is 168 Å². The molecule has 2 aromatic heterocycles. The molecule has 9 aromatic rings. The van der Waals surface area contributed by atoms with E-state index in [1.165, 1.54) is 31.3 Å². The van der Waals surface area contributed by atoms with Crippen LogP contribution in [0, 0.1) is 0 Å². The number of hydrogen-bond acceptors (Lipinski definition) is 3. The lowest BCUT2D eigenvalue weighted by Crippen LogP contribution is -2.10. The standard InChI is InChI=1S/C42H27NOS/c1-3-11-28(12-4-1)29-19-21-31(22-20-29)43(32-23-24-35-34-15-8-10-18-39(34)45-40(35)27-32)37-26-25-33(30-13-5-2-6-14-30)42-41(37)36-16-7-9-17-38(36)44-42/h1-27H. The summed E-state index contributed by atoms with van der Waals surface area (Å²) in [5, 5.41) is 4.81. The molecule has 7 aromatic carbocycles. The van der Waals surface area contributed by atoms with Gasteiger partial charge in [0.15, 0.2) is 0 Å². The molecule has 45 heavy (non-hydrogen) atoms. The average molecular weight is 594 g/mol. The lowest BCUT2D eigenvalue weighted by molar-refractivity contribution is 0.670. The first-order chi connectivity index (χ1) is 22.3. The van der Waals surface area contributed by atoms with Crippen molar-refractivity contribution < 1.29 is 4.42 Å². The van der Waals surface area contributed by atoms with Gasteiger partial charge in [0, 0.05) is 42.5 Å². The zero-order valence-electron chi connectivity index (χ0n) is 24.4. The van der Waals surface area contributed by atoms with Crippen molar-refractivity contribution >= 4 is 70.5 Å². The van der Waals surface area contributed by atoms with Gasteiger partial charge in [-0.3, -0.25) is 0 Å². The summed E-state index contributed by atoms with van der Waals surface area (Å²) in [5.41, 5.74) is 9.70. The molecule has 0 atom stereocenters. The van der Waals surface area contributed by atoms with E-state index in [-0.39, 0.29) is 0 Å². The van der Waals surface area contributed by atoms with E-state index in [1.54, 1.807) is 0 Å². The zero-order valence-corrected chi connectivity index (χ0v) is 25.2. The van der Waals surface area contributed by atoms with Crippen LogP contribution in [-0.2, 0) is 0 Å². The number of thiophene rings is 1. The van der Waals surface area contributed by atoms with Crippen LogP contribution in [0.5, 0.6) is 0 Å². The summed E-state index contributed by atoms with van der Waals surface area (Å²) in [7, 11) is 0. The van der Waals surface area contributed by atoms with Crippen molar-refractivity contribution in [3.8, 4) is 22.3 Å². The van der Waals surface area contributed by atoms with Crippen LogP contribution in [-0.4, -0.2) is 0 Å². The highest BCUT2D eigenvalue weighted by molar-refractivity contribution is 7.25. The number of para-hydroxylation sites is 1. The maximum absolute atomic E-state index is 6.66. The zero-order chi connectivity index (χ0) is 29.7. The summed E-state index contributed by atoms with van der Waals surface area (Å²) in [4.78, 5) is 2.39. The van der Waals surface area contributed by atoms with Crippen LogP contribution in [0.3, 0.4) is 0 Å². The second kappa shape index (κ2) is 10.5. The number of rotatable bonds is 5. The van der Waals surface area contributed by atoms with Gasteiger partial charge in [-0.25, -0.2) is 0 Å². The number of furan rings is 1. The molecule has 0 spiro atoms. The molecule has 0 aliphatic heterocycles. The van der Waals surface area contributed by atoms with Crippen molar-refractivity contribution in [2.75, 3.05) is 4.90 Å². The molecule has 2 nitrogen and oxygen atoms in total. The van der Waals surface area contributed by atoms with Gasteiger partial charge < -0.3 is 9.32 Å².